The first kappa shape index (κ1) is 7.64. The molecule has 2 aliphatic rings. The quantitative estimate of drug-likeness (QED) is 0.539. The minimum Gasteiger partial charge on any atom is -0.0651 e. The summed E-state index contributed by atoms with van der Waals surface area (Å²) in [6.07, 6.45) is 7.60. The zero-order valence-corrected chi connectivity index (χ0v) is 7.84. The molecule has 11 heavy (non-hydrogen) atoms. The summed E-state index contributed by atoms with van der Waals surface area (Å²) in [6.45, 7) is 4.81. The van der Waals surface area contributed by atoms with Gasteiger partial charge in [0.15, 0.2) is 0 Å². The summed E-state index contributed by atoms with van der Waals surface area (Å²) >= 11 is 0. The Kier molecular flexibility index (Phi) is 1.95. The van der Waals surface area contributed by atoms with Crippen LogP contribution in [0.1, 0.15) is 46.0 Å². The first-order valence-electron chi connectivity index (χ1n) is 5.31. The molecule has 4 unspecified atom stereocenters. The van der Waals surface area contributed by atoms with E-state index in [1.54, 1.807) is 19.3 Å². The molecule has 4 atom stereocenters. The lowest BCUT2D eigenvalue weighted by Gasteiger charge is -2.48. The topological polar surface area (TPSA) is 0 Å². The van der Waals surface area contributed by atoms with E-state index < -0.39 is 0 Å². The Labute approximate surface area is 70.4 Å². The number of rotatable bonds is 1. The minimum atomic E-state index is 1.03. The predicted octanol–water partition coefficient (Wildman–Crippen LogP) is 3.47. The molecule has 2 saturated carbocycles. The Hall–Kier alpha value is 0. The van der Waals surface area contributed by atoms with Gasteiger partial charge in [-0.05, 0) is 49.4 Å². The molecule has 0 spiro atoms. The van der Waals surface area contributed by atoms with Gasteiger partial charge in [-0.1, -0.05) is 20.3 Å². The lowest BCUT2D eigenvalue weighted by molar-refractivity contribution is 0.0238. The maximum Gasteiger partial charge on any atom is -0.0357 e. The highest BCUT2D eigenvalue weighted by Gasteiger charge is 2.40. The number of hydrogen-bond donors (Lipinski definition) is 0. The van der Waals surface area contributed by atoms with Gasteiger partial charge in [0.2, 0.25) is 0 Å². The fourth-order valence-corrected chi connectivity index (χ4v) is 3.28. The minimum absolute atomic E-state index is 1.03. The normalized spacial score (nSPS) is 49.6. The van der Waals surface area contributed by atoms with Crippen LogP contribution in [-0.4, -0.2) is 0 Å². The van der Waals surface area contributed by atoms with Crippen LogP contribution in [0, 0.1) is 23.7 Å². The molecule has 0 aliphatic heterocycles. The molecule has 2 aliphatic carbocycles. The Morgan fingerprint density at radius 3 is 2.55 bits per heavy atom. The predicted molar refractivity (Wildman–Crippen MR) is 48.4 cm³/mol. The van der Waals surface area contributed by atoms with Gasteiger partial charge in [-0.25, -0.2) is 0 Å². The van der Waals surface area contributed by atoms with E-state index >= 15 is 0 Å². The highest BCUT2D eigenvalue weighted by atomic mass is 14.5. The molecule has 0 heterocycles. The van der Waals surface area contributed by atoms with E-state index in [2.05, 4.69) is 13.8 Å². The second kappa shape index (κ2) is 2.80. The van der Waals surface area contributed by atoms with Gasteiger partial charge in [0.25, 0.3) is 0 Å². The maximum atomic E-state index is 2.44. The van der Waals surface area contributed by atoms with E-state index in [4.69, 9.17) is 0 Å². The van der Waals surface area contributed by atoms with E-state index in [-0.39, 0.29) is 0 Å². The highest BCUT2D eigenvalue weighted by molar-refractivity contribution is 4.90. The summed E-state index contributed by atoms with van der Waals surface area (Å²) in [5.74, 6) is 4.42. The van der Waals surface area contributed by atoms with Crippen molar-refractivity contribution in [2.24, 2.45) is 23.7 Å². The third kappa shape index (κ3) is 1.21. The van der Waals surface area contributed by atoms with Crippen LogP contribution >= 0.6 is 0 Å². The summed E-state index contributed by atoms with van der Waals surface area (Å²) in [7, 11) is 0. The first-order chi connectivity index (χ1) is 5.31. The average Bonchev–Trinajstić information content (AvgIpc) is 1.95. The fraction of sp³-hybridized carbons (Fsp3) is 1.00. The monoisotopic (exact) mass is 152 g/mol. The third-order valence-electron chi connectivity index (χ3n) is 4.02. The second-order valence-electron chi connectivity index (χ2n) is 4.75. The van der Waals surface area contributed by atoms with E-state index in [1.807, 2.05) is 0 Å². The molecule has 0 heteroatoms. The molecule has 2 rings (SSSR count). The Bertz CT molecular complexity index is 139. The Balaban J connectivity index is 1.98. The van der Waals surface area contributed by atoms with Crippen molar-refractivity contribution < 1.29 is 0 Å². The van der Waals surface area contributed by atoms with Crippen LogP contribution in [0.15, 0.2) is 0 Å². The van der Waals surface area contributed by atoms with Crippen molar-refractivity contribution in [1.82, 2.24) is 0 Å². The lowest BCUT2D eigenvalue weighted by atomic mass is 9.57. The number of hydrogen-bond acceptors (Lipinski definition) is 0. The van der Waals surface area contributed by atoms with Gasteiger partial charge in [-0.2, -0.15) is 0 Å². The van der Waals surface area contributed by atoms with Gasteiger partial charge in [0, 0.05) is 0 Å². The van der Waals surface area contributed by atoms with E-state index in [9.17, 15) is 0 Å². The summed E-state index contributed by atoms with van der Waals surface area (Å²) in [5, 5.41) is 0. The van der Waals surface area contributed by atoms with Gasteiger partial charge in [-0.15, -0.1) is 0 Å². The first-order valence-corrected chi connectivity index (χ1v) is 5.31. The summed E-state index contributed by atoms with van der Waals surface area (Å²) < 4.78 is 0. The van der Waals surface area contributed by atoms with Crippen LogP contribution in [0.4, 0.5) is 0 Å². The summed E-state index contributed by atoms with van der Waals surface area (Å²) in [5.41, 5.74) is 0. The molecule has 0 nitrogen and oxygen atoms in total. The average molecular weight is 152 g/mol. The molecule has 0 amide bonds. The van der Waals surface area contributed by atoms with Crippen molar-refractivity contribution >= 4 is 0 Å². The van der Waals surface area contributed by atoms with E-state index in [1.165, 1.54) is 12.8 Å². The Morgan fingerprint density at radius 1 is 1.18 bits per heavy atom. The Morgan fingerprint density at radius 2 is 2.00 bits per heavy atom. The molecule has 0 aromatic carbocycles. The largest absolute Gasteiger partial charge is 0.0651 e. The van der Waals surface area contributed by atoms with Crippen molar-refractivity contribution in [2.45, 2.75) is 46.0 Å². The zero-order chi connectivity index (χ0) is 7.84. The zero-order valence-electron chi connectivity index (χ0n) is 7.84. The third-order valence-corrected chi connectivity index (χ3v) is 4.02. The second-order valence-corrected chi connectivity index (χ2v) is 4.75. The van der Waals surface area contributed by atoms with Gasteiger partial charge < -0.3 is 0 Å². The van der Waals surface area contributed by atoms with E-state index in [0.29, 0.717) is 0 Å². The maximum absolute atomic E-state index is 2.44. The molecular formula is C11H20. The van der Waals surface area contributed by atoms with Gasteiger partial charge in [-0.3, -0.25) is 0 Å². The molecule has 0 N–H and O–H groups in total. The molecule has 0 saturated heterocycles. The van der Waals surface area contributed by atoms with Gasteiger partial charge in [0.1, 0.15) is 0 Å². The van der Waals surface area contributed by atoms with Gasteiger partial charge in [0.05, 0.1) is 0 Å². The molecule has 2 fully saturated rings. The van der Waals surface area contributed by atoms with Crippen molar-refractivity contribution in [1.29, 1.82) is 0 Å². The van der Waals surface area contributed by atoms with Crippen LogP contribution in [0.5, 0.6) is 0 Å². The molecular weight excluding hydrogens is 132 g/mol. The number of fused-ring (bicyclic) bond motifs is 1. The van der Waals surface area contributed by atoms with Crippen LogP contribution in [0.3, 0.4) is 0 Å². The highest BCUT2D eigenvalue weighted by Crippen LogP contribution is 2.50. The smallest absolute Gasteiger partial charge is 0.0357 e. The fourth-order valence-electron chi connectivity index (χ4n) is 3.28. The SMILES string of the molecule is CCC1CC(C)CC2CCC12. The van der Waals surface area contributed by atoms with E-state index in [0.717, 1.165) is 23.7 Å². The standard InChI is InChI=1S/C11H20/c1-3-9-6-8(2)7-10-4-5-11(9)10/h8-11H,3-7H2,1-2H3. The molecule has 64 valence electrons. The van der Waals surface area contributed by atoms with Crippen molar-refractivity contribution in [3.8, 4) is 0 Å². The molecule has 0 aromatic heterocycles. The van der Waals surface area contributed by atoms with Crippen LogP contribution < -0.4 is 0 Å². The molecule has 0 aromatic rings. The van der Waals surface area contributed by atoms with Gasteiger partial charge >= 0.3 is 0 Å². The van der Waals surface area contributed by atoms with Crippen LogP contribution in [0.25, 0.3) is 0 Å². The summed E-state index contributed by atoms with van der Waals surface area (Å²) in [4.78, 5) is 0. The van der Waals surface area contributed by atoms with Crippen molar-refractivity contribution in [2.75, 3.05) is 0 Å². The van der Waals surface area contributed by atoms with Crippen LogP contribution in [-0.2, 0) is 0 Å². The lowest BCUT2D eigenvalue weighted by Crippen LogP contribution is -2.38. The summed E-state index contributed by atoms with van der Waals surface area (Å²) in [6, 6.07) is 0. The van der Waals surface area contributed by atoms with Crippen molar-refractivity contribution in [3.05, 3.63) is 0 Å². The molecule has 0 radical (unpaired) electrons. The van der Waals surface area contributed by atoms with Crippen molar-refractivity contribution in [3.63, 3.8) is 0 Å². The molecule has 0 bridgehead atoms. The van der Waals surface area contributed by atoms with Crippen LogP contribution in [0.2, 0.25) is 0 Å².